The highest BCUT2D eigenvalue weighted by molar-refractivity contribution is 5.83. The molecule has 25 heavy (non-hydrogen) atoms. The molecule has 0 amide bonds. The van der Waals surface area contributed by atoms with Crippen LogP contribution < -0.4 is 5.01 Å². The van der Waals surface area contributed by atoms with Crippen LogP contribution in [0.1, 0.15) is 5.56 Å². The molecule has 0 heterocycles. The SMILES string of the molecule is O=[N+]([O-])c1cc(/C=N\N(c2ccccc2)c2ccccc2)ccc1O. The molecule has 0 saturated heterocycles. The number of benzene rings is 3. The Hall–Kier alpha value is -3.67. The van der Waals surface area contributed by atoms with Crippen LogP contribution in [0.3, 0.4) is 0 Å². The first kappa shape index (κ1) is 16.2. The summed E-state index contributed by atoms with van der Waals surface area (Å²) in [7, 11) is 0. The van der Waals surface area contributed by atoms with E-state index in [0.717, 1.165) is 11.4 Å². The molecule has 3 aromatic rings. The van der Waals surface area contributed by atoms with Crippen LogP contribution in [0, 0.1) is 10.1 Å². The largest absolute Gasteiger partial charge is 0.502 e. The molecule has 0 aliphatic rings. The predicted molar refractivity (Wildman–Crippen MR) is 97.4 cm³/mol. The quantitative estimate of drug-likeness (QED) is 0.424. The number of phenolic OH excluding ortho intramolecular Hbond substituents is 1. The van der Waals surface area contributed by atoms with E-state index in [9.17, 15) is 15.2 Å². The van der Waals surface area contributed by atoms with E-state index in [1.807, 2.05) is 60.7 Å². The maximum Gasteiger partial charge on any atom is 0.311 e. The third-order valence-electron chi connectivity index (χ3n) is 3.52. The van der Waals surface area contributed by atoms with Gasteiger partial charge in [0.1, 0.15) is 0 Å². The third kappa shape index (κ3) is 3.81. The van der Waals surface area contributed by atoms with Gasteiger partial charge in [-0.15, -0.1) is 0 Å². The lowest BCUT2D eigenvalue weighted by Crippen LogP contribution is -2.09. The number of rotatable bonds is 5. The topological polar surface area (TPSA) is 79.0 Å². The highest BCUT2D eigenvalue weighted by atomic mass is 16.6. The number of phenols is 1. The van der Waals surface area contributed by atoms with Gasteiger partial charge in [0, 0.05) is 11.6 Å². The van der Waals surface area contributed by atoms with Gasteiger partial charge >= 0.3 is 5.69 Å². The molecule has 6 heteroatoms. The number of nitro groups is 1. The number of hydrogen-bond acceptors (Lipinski definition) is 5. The van der Waals surface area contributed by atoms with Gasteiger partial charge < -0.3 is 5.11 Å². The minimum absolute atomic E-state index is 0.352. The summed E-state index contributed by atoms with van der Waals surface area (Å²) < 4.78 is 0. The molecule has 0 aliphatic carbocycles. The van der Waals surface area contributed by atoms with Crippen molar-refractivity contribution in [3.8, 4) is 5.75 Å². The second-order valence-electron chi connectivity index (χ2n) is 5.23. The summed E-state index contributed by atoms with van der Waals surface area (Å²) in [5.41, 5.74) is 1.88. The van der Waals surface area contributed by atoms with Crippen LogP contribution in [0.25, 0.3) is 0 Å². The number of anilines is 2. The van der Waals surface area contributed by atoms with E-state index >= 15 is 0 Å². The summed E-state index contributed by atoms with van der Waals surface area (Å²) >= 11 is 0. The summed E-state index contributed by atoms with van der Waals surface area (Å²) in [4.78, 5) is 10.3. The van der Waals surface area contributed by atoms with Crippen molar-refractivity contribution < 1.29 is 10.0 Å². The van der Waals surface area contributed by atoms with Crippen molar-refractivity contribution in [2.75, 3.05) is 5.01 Å². The van der Waals surface area contributed by atoms with E-state index < -0.39 is 4.92 Å². The standard InChI is InChI=1S/C19H15N3O3/c23-19-12-11-15(13-18(19)22(24)25)14-20-21(16-7-3-1-4-8-16)17-9-5-2-6-10-17/h1-14,23H/b20-14-. The second-order valence-corrected chi connectivity index (χ2v) is 5.23. The highest BCUT2D eigenvalue weighted by Gasteiger charge is 2.13. The number of para-hydroxylation sites is 2. The molecule has 0 fully saturated rings. The Morgan fingerprint density at radius 1 is 0.920 bits per heavy atom. The van der Waals surface area contributed by atoms with Gasteiger partial charge in [0.15, 0.2) is 5.75 Å². The molecule has 0 atom stereocenters. The summed E-state index contributed by atoms with van der Waals surface area (Å²) in [5.74, 6) is -0.370. The van der Waals surface area contributed by atoms with E-state index in [1.165, 1.54) is 18.3 Å². The van der Waals surface area contributed by atoms with Gasteiger partial charge in [-0.2, -0.15) is 5.10 Å². The van der Waals surface area contributed by atoms with Gasteiger partial charge in [-0.05, 0) is 36.4 Å². The van der Waals surface area contributed by atoms with Crippen molar-refractivity contribution in [1.82, 2.24) is 0 Å². The molecule has 0 radical (unpaired) electrons. The first-order valence-electron chi connectivity index (χ1n) is 7.57. The Labute approximate surface area is 144 Å². The minimum atomic E-state index is -0.626. The van der Waals surface area contributed by atoms with Crippen molar-refractivity contribution in [3.05, 3.63) is 94.5 Å². The highest BCUT2D eigenvalue weighted by Crippen LogP contribution is 2.27. The predicted octanol–water partition coefficient (Wildman–Crippen LogP) is 4.47. The normalized spacial score (nSPS) is 10.7. The molecule has 0 aliphatic heterocycles. The van der Waals surface area contributed by atoms with Crippen molar-refractivity contribution >= 4 is 23.3 Å². The number of nitro benzene ring substituents is 1. The number of nitrogens with zero attached hydrogens (tertiary/aromatic N) is 3. The first-order chi connectivity index (χ1) is 12.1. The third-order valence-corrected chi connectivity index (χ3v) is 3.52. The zero-order chi connectivity index (χ0) is 17.6. The lowest BCUT2D eigenvalue weighted by atomic mass is 10.2. The lowest BCUT2D eigenvalue weighted by Gasteiger charge is -2.19. The van der Waals surface area contributed by atoms with Gasteiger partial charge in [0.05, 0.1) is 22.5 Å². The Morgan fingerprint density at radius 3 is 2.00 bits per heavy atom. The van der Waals surface area contributed by atoms with E-state index in [1.54, 1.807) is 11.1 Å². The van der Waals surface area contributed by atoms with E-state index in [4.69, 9.17) is 0 Å². The fraction of sp³-hybridized carbons (Fsp3) is 0. The molecule has 0 bridgehead atoms. The van der Waals surface area contributed by atoms with Crippen LogP contribution >= 0.6 is 0 Å². The smallest absolute Gasteiger partial charge is 0.311 e. The van der Waals surface area contributed by atoms with Crippen molar-refractivity contribution in [2.45, 2.75) is 0 Å². The Kier molecular flexibility index (Phi) is 4.71. The van der Waals surface area contributed by atoms with Gasteiger partial charge in [-0.3, -0.25) is 10.1 Å². The summed E-state index contributed by atoms with van der Waals surface area (Å²) in [6.07, 6.45) is 1.52. The molecule has 3 aromatic carbocycles. The molecular weight excluding hydrogens is 318 g/mol. The molecule has 0 saturated carbocycles. The van der Waals surface area contributed by atoms with E-state index in [0.29, 0.717) is 5.56 Å². The molecule has 0 aromatic heterocycles. The van der Waals surface area contributed by atoms with Gasteiger partial charge in [0.2, 0.25) is 0 Å². The number of aromatic hydroxyl groups is 1. The Balaban J connectivity index is 1.97. The van der Waals surface area contributed by atoms with Crippen molar-refractivity contribution in [3.63, 3.8) is 0 Å². The van der Waals surface area contributed by atoms with Crippen LogP contribution in [-0.4, -0.2) is 16.2 Å². The van der Waals surface area contributed by atoms with Gasteiger partial charge in [0.25, 0.3) is 0 Å². The molecule has 6 nitrogen and oxygen atoms in total. The number of hydrazone groups is 1. The summed E-state index contributed by atoms with van der Waals surface area (Å²) in [6.45, 7) is 0. The lowest BCUT2D eigenvalue weighted by molar-refractivity contribution is -0.385. The molecule has 1 N–H and O–H groups in total. The van der Waals surface area contributed by atoms with Crippen LogP contribution in [0.5, 0.6) is 5.75 Å². The second kappa shape index (κ2) is 7.27. The van der Waals surface area contributed by atoms with Crippen LogP contribution in [0.15, 0.2) is 84.0 Å². The fourth-order valence-corrected chi connectivity index (χ4v) is 2.31. The summed E-state index contributed by atoms with van der Waals surface area (Å²) in [6, 6.07) is 23.3. The Morgan fingerprint density at radius 2 is 1.48 bits per heavy atom. The van der Waals surface area contributed by atoms with E-state index in [2.05, 4.69) is 5.10 Å². The first-order valence-corrected chi connectivity index (χ1v) is 7.57. The summed E-state index contributed by atoms with van der Waals surface area (Å²) in [5, 5.41) is 26.7. The van der Waals surface area contributed by atoms with Gasteiger partial charge in [-0.1, -0.05) is 36.4 Å². The average molecular weight is 333 g/mol. The molecule has 0 unspecified atom stereocenters. The maximum atomic E-state index is 10.9. The molecule has 124 valence electrons. The molecule has 0 spiro atoms. The average Bonchev–Trinajstić information content (AvgIpc) is 2.65. The fourth-order valence-electron chi connectivity index (χ4n) is 2.31. The molecular formula is C19H15N3O3. The molecule has 3 rings (SSSR count). The van der Waals surface area contributed by atoms with Crippen LogP contribution in [0.4, 0.5) is 17.1 Å². The number of hydrogen-bond donors (Lipinski definition) is 1. The van der Waals surface area contributed by atoms with Crippen LogP contribution in [0.2, 0.25) is 0 Å². The Bertz CT molecular complexity index is 857. The monoisotopic (exact) mass is 333 g/mol. The van der Waals surface area contributed by atoms with Crippen molar-refractivity contribution in [2.24, 2.45) is 5.10 Å². The zero-order valence-corrected chi connectivity index (χ0v) is 13.2. The van der Waals surface area contributed by atoms with Crippen LogP contribution in [-0.2, 0) is 0 Å². The maximum absolute atomic E-state index is 10.9. The van der Waals surface area contributed by atoms with Crippen molar-refractivity contribution in [1.29, 1.82) is 0 Å². The van der Waals surface area contributed by atoms with Gasteiger partial charge in [-0.25, -0.2) is 5.01 Å². The minimum Gasteiger partial charge on any atom is -0.502 e. The zero-order valence-electron chi connectivity index (χ0n) is 13.2. The van der Waals surface area contributed by atoms with E-state index in [-0.39, 0.29) is 11.4 Å².